The van der Waals surface area contributed by atoms with E-state index < -0.39 is 0 Å². The van der Waals surface area contributed by atoms with E-state index in [9.17, 15) is 4.39 Å². The maximum Gasteiger partial charge on any atom is 0.126 e. The van der Waals surface area contributed by atoms with Crippen LogP contribution in [-0.4, -0.2) is 6.10 Å². The standard InChI is InChI=1S/C11H12FO/c1-3-5-9(2)13-11-7-4-6-10(12)8-11/h1,3-4,6-9H,5H2,2H3. The topological polar surface area (TPSA) is 9.23 Å². The molecule has 0 saturated heterocycles. The highest BCUT2D eigenvalue weighted by Crippen LogP contribution is 2.14. The molecule has 69 valence electrons. The van der Waals surface area contributed by atoms with Crippen LogP contribution in [0, 0.1) is 12.4 Å². The number of rotatable bonds is 4. The van der Waals surface area contributed by atoms with Crippen LogP contribution in [-0.2, 0) is 0 Å². The summed E-state index contributed by atoms with van der Waals surface area (Å²) < 4.78 is 18.1. The van der Waals surface area contributed by atoms with E-state index >= 15 is 0 Å². The van der Waals surface area contributed by atoms with E-state index in [0.717, 1.165) is 0 Å². The van der Waals surface area contributed by atoms with Gasteiger partial charge < -0.3 is 4.74 Å². The highest BCUT2D eigenvalue weighted by molar-refractivity contribution is 5.22. The summed E-state index contributed by atoms with van der Waals surface area (Å²) in [6, 6.07) is 6.07. The Balaban J connectivity index is 2.58. The van der Waals surface area contributed by atoms with Crippen LogP contribution in [0.4, 0.5) is 4.39 Å². The normalized spacial score (nSPS) is 12.2. The van der Waals surface area contributed by atoms with Gasteiger partial charge in [-0.05, 0) is 19.1 Å². The lowest BCUT2D eigenvalue weighted by Gasteiger charge is -2.12. The molecule has 0 N–H and O–H groups in total. The van der Waals surface area contributed by atoms with Crippen molar-refractivity contribution in [2.24, 2.45) is 0 Å². The first-order chi connectivity index (χ1) is 6.22. The van der Waals surface area contributed by atoms with Crippen molar-refractivity contribution in [2.75, 3.05) is 0 Å². The Morgan fingerprint density at radius 1 is 1.62 bits per heavy atom. The molecule has 2 heteroatoms. The maximum absolute atomic E-state index is 12.7. The summed E-state index contributed by atoms with van der Waals surface area (Å²) in [5, 5.41) is 0. The molecule has 0 amide bonds. The summed E-state index contributed by atoms with van der Waals surface area (Å²) in [5.41, 5.74) is 0. The fourth-order valence-electron chi connectivity index (χ4n) is 1.01. The molecule has 1 aromatic rings. The van der Waals surface area contributed by atoms with Crippen molar-refractivity contribution in [3.8, 4) is 5.75 Å². The lowest BCUT2D eigenvalue weighted by molar-refractivity contribution is 0.224. The first kappa shape index (κ1) is 9.78. The van der Waals surface area contributed by atoms with Gasteiger partial charge in [-0.25, -0.2) is 4.39 Å². The number of halogens is 1. The number of hydrogen-bond donors (Lipinski definition) is 0. The molecule has 0 aliphatic carbocycles. The molecule has 0 aliphatic rings. The molecule has 0 aliphatic heterocycles. The van der Waals surface area contributed by atoms with E-state index in [1.54, 1.807) is 12.1 Å². The van der Waals surface area contributed by atoms with Gasteiger partial charge in [0.1, 0.15) is 11.6 Å². The summed E-state index contributed by atoms with van der Waals surface area (Å²) in [5.74, 6) is 0.246. The smallest absolute Gasteiger partial charge is 0.126 e. The summed E-state index contributed by atoms with van der Waals surface area (Å²) in [4.78, 5) is 0. The van der Waals surface area contributed by atoms with Gasteiger partial charge in [-0.2, -0.15) is 0 Å². The minimum atomic E-state index is -0.290. The van der Waals surface area contributed by atoms with Crippen molar-refractivity contribution < 1.29 is 9.13 Å². The van der Waals surface area contributed by atoms with Gasteiger partial charge >= 0.3 is 0 Å². The summed E-state index contributed by atoms with van der Waals surface area (Å²) in [6.07, 6.45) is 2.16. The molecular formula is C11H12FO. The average molecular weight is 179 g/mol. The summed E-state index contributed by atoms with van der Waals surface area (Å²) in [6.45, 7) is 7.12. The Morgan fingerprint density at radius 2 is 2.38 bits per heavy atom. The molecule has 1 unspecified atom stereocenters. The van der Waals surface area contributed by atoms with Gasteiger partial charge in [0.25, 0.3) is 0 Å². The predicted molar refractivity (Wildman–Crippen MR) is 50.0 cm³/mol. The molecule has 0 spiro atoms. The van der Waals surface area contributed by atoms with Gasteiger partial charge in [-0.3, -0.25) is 0 Å². The van der Waals surface area contributed by atoms with Crippen LogP contribution < -0.4 is 4.74 Å². The second kappa shape index (κ2) is 4.65. The average Bonchev–Trinajstić information content (AvgIpc) is 2.04. The van der Waals surface area contributed by atoms with Gasteiger partial charge in [0.05, 0.1) is 6.10 Å². The van der Waals surface area contributed by atoms with E-state index in [0.29, 0.717) is 12.2 Å². The third kappa shape index (κ3) is 3.28. The molecule has 0 bridgehead atoms. The van der Waals surface area contributed by atoms with E-state index in [-0.39, 0.29) is 11.9 Å². The van der Waals surface area contributed by atoms with E-state index in [1.165, 1.54) is 18.2 Å². The zero-order valence-corrected chi connectivity index (χ0v) is 7.53. The predicted octanol–water partition coefficient (Wildman–Crippen LogP) is 2.97. The van der Waals surface area contributed by atoms with E-state index in [2.05, 4.69) is 0 Å². The Bertz CT molecular complexity index is 283. The minimum absolute atomic E-state index is 0.0215. The highest BCUT2D eigenvalue weighted by atomic mass is 19.1. The molecule has 0 aromatic heterocycles. The second-order valence-electron chi connectivity index (χ2n) is 2.86. The quantitative estimate of drug-likeness (QED) is 0.690. The second-order valence-corrected chi connectivity index (χ2v) is 2.86. The van der Waals surface area contributed by atoms with Crippen LogP contribution in [0.2, 0.25) is 0 Å². The molecule has 0 heterocycles. The molecule has 13 heavy (non-hydrogen) atoms. The molecule has 1 aromatic carbocycles. The van der Waals surface area contributed by atoms with Crippen LogP contribution >= 0.6 is 0 Å². The number of ether oxygens (including phenoxy) is 1. The third-order valence-corrected chi connectivity index (χ3v) is 1.60. The van der Waals surface area contributed by atoms with Crippen LogP contribution in [0.5, 0.6) is 5.75 Å². The van der Waals surface area contributed by atoms with Crippen molar-refractivity contribution in [3.05, 3.63) is 42.7 Å². The van der Waals surface area contributed by atoms with Crippen LogP contribution in [0.15, 0.2) is 30.3 Å². The zero-order valence-electron chi connectivity index (χ0n) is 7.53. The molecule has 0 saturated carbocycles. The van der Waals surface area contributed by atoms with Gasteiger partial charge in [0.15, 0.2) is 0 Å². The molecule has 1 rings (SSSR count). The van der Waals surface area contributed by atoms with Gasteiger partial charge in [-0.1, -0.05) is 18.7 Å². The van der Waals surface area contributed by atoms with Crippen molar-refractivity contribution in [3.63, 3.8) is 0 Å². The molecular weight excluding hydrogens is 167 g/mol. The minimum Gasteiger partial charge on any atom is -0.490 e. The van der Waals surface area contributed by atoms with E-state index in [4.69, 9.17) is 11.3 Å². The fourth-order valence-corrected chi connectivity index (χ4v) is 1.01. The first-order valence-corrected chi connectivity index (χ1v) is 4.18. The Labute approximate surface area is 77.8 Å². The van der Waals surface area contributed by atoms with E-state index in [1.807, 2.05) is 6.92 Å². The SMILES string of the molecule is [CH]=CCC(C)Oc1cccc(F)c1. The fraction of sp³-hybridized carbons (Fsp3) is 0.273. The highest BCUT2D eigenvalue weighted by Gasteiger charge is 2.01. The van der Waals surface area contributed by atoms with Crippen molar-refractivity contribution >= 4 is 0 Å². The van der Waals surface area contributed by atoms with Crippen LogP contribution in [0.25, 0.3) is 0 Å². The lowest BCUT2D eigenvalue weighted by atomic mass is 10.3. The summed E-state index contributed by atoms with van der Waals surface area (Å²) >= 11 is 0. The van der Waals surface area contributed by atoms with Crippen LogP contribution in [0.3, 0.4) is 0 Å². The molecule has 0 fully saturated rings. The van der Waals surface area contributed by atoms with Gasteiger partial charge in [0, 0.05) is 12.5 Å². The molecule has 1 atom stereocenters. The Kier molecular flexibility index (Phi) is 3.50. The Hall–Kier alpha value is -1.31. The van der Waals surface area contributed by atoms with Crippen molar-refractivity contribution in [1.82, 2.24) is 0 Å². The number of benzene rings is 1. The molecule has 1 radical (unpaired) electrons. The molecule has 1 nitrogen and oxygen atoms in total. The first-order valence-electron chi connectivity index (χ1n) is 4.18. The van der Waals surface area contributed by atoms with Gasteiger partial charge in [-0.15, -0.1) is 0 Å². The van der Waals surface area contributed by atoms with Crippen molar-refractivity contribution in [2.45, 2.75) is 19.4 Å². The maximum atomic E-state index is 12.7. The summed E-state index contributed by atoms with van der Waals surface area (Å²) in [7, 11) is 0. The zero-order chi connectivity index (χ0) is 9.68. The van der Waals surface area contributed by atoms with Crippen LogP contribution in [0.1, 0.15) is 13.3 Å². The van der Waals surface area contributed by atoms with Gasteiger partial charge in [0.2, 0.25) is 0 Å². The Morgan fingerprint density at radius 3 is 3.00 bits per heavy atom. The number of hydrogen-bond acceptors (Lipinski definition) is 1. The largest absolute Gasteiger partial charge is 0.490 e. The third-order valence-electron chi connectivity index (χ3n) is 1.60. The van der Waals surface area contributed by atoms with Crippen molar-refractivity contribution in [1.29, 1.82) is 0 Å². The lowest BCUT2D eigenvalue weighted by Crippen LogP contribution is -2.10. The monoisotopic (exact) mass is 179 g/mol.